The molecule has 4 amide bonds. The van der Waals surface area contributed by atoms with E-state index in [9.17, 15) is 27.6 Å². The number of hydrogen-bond donors (Lipinski definition) is 3. The third-order valence-electron chi connectivity index (χ3n) is 12.1. The Morgan fingerprint density at radius 2 is 1.71 bits per heavy atom. The van der Waals surface area contributed by atoms with Crippen LogP contribution in [0.5, 0.6) is 17.4 Å². The normalized spacial score (nSPS) is 29.5. The number of cyclic esters (lactones) is 1. The van der Waals surface area contributed by atoms with E-state index < -0.39 is 62.8 Å². The zero-order chi connectivity index (χ0) is 39.6. The van der Waals surface area contributed by atoms with E-state index in [1.54, 1.807) is 13.2 Å². The zero-order valence-electron chi connectivity index (χ0n) is 32.6. The van der Waals surface area contributed by atoms with Crippen LogP contribution in [0.3, 0.4) is 0 Å². The SMILES string of the molecule is COc1cc2c3cc(c(OC)cc3n1)CCCC[C@@H](C)COC(=O)N[C@H]1CCCCCCC[C@H]3C[C@@]3(C(=O)NS(=O)(=O)C3CC3)NC(=O)[C@@H]3C[C@H](CN3C1=O)O2. The molecule has 3 N–H and O–H groups in total. The van der Waals surface area contributed by atoms with Gasteiger partial charge in [-0.2, -0.15) is 0 Å². The minimum atomic E-state index is -3.87. The van der Waals surface area contributed by atoms with Crippen LogP contribution in [0.2, 0.25) is 0 Å². The lowest BCUT2D eigenvalue weighted by molar-refractivity contribution is -0.141. The summed E-state index contributed by atoms with van der Waals surface area (Å²) in [5.74, 6) is -0.473. The van der Waals surface area contributed by atoms with Gasteiger partial charge in [0.25, 0.3) is 5.91 Å². The van der Waals surface area contributed by atoms with Crippen molar-refractivity contribution in [2.75, 3.05) is 27.4 Å². The molecule has 0 spiro atoms. The lowest BCUT2D eigenvalue weighted by Gasteiger charge is -2.30. The van der Waals surface area contributed by atoms with E-state index in [2.05, 4.69) is 20.3 Å². The molecule has 16 heteroatoms. The molecule has 5 aliphatic rings. The van der Waals surface area contributed by atoms with Crippen LogP contribution in [-0.4, -0.2) is 98.5 Å². The molecule has 0 unspecified atom stereocenters. The fourth-order valence-corrected chi connectivity index (χ4v) is 9.92. The number of methoxy groups -OCH3 is 2. The van der Waals surface area contributed by atoms with Gasteiger partial charge in [-0.25, -0.2) is 18.2 Å². The van der Waals surface area contributed by atoms with Crippen molar-refractivity contribution >= 4 is 44.7 Å². The first-order valence-corrected chi connectivity index (χ1v) is 21.8. The number of carbonyl (C=O) groups is 4. The molecule has 2 aromatic rings. The van der Waals surface area contributed by atoms with Crippen molar-refractivity contribution in [2.45, 2.75) is 132 Å². The van der Waals surface area contributed by atoms with Crippen LogP contribution in [0.1, 0.15) is 102 Å². The molecule has 4 fully saturated rings. The Labute approximate surface area is 328 Å². The maximum Gasteiger partial charge on any atom is 0.407 e. The van der Waals surface area contributed by atoms with Gasteiger partial charge in [0.05, 0.1) is 38.1 Å². The monoisotopic (exact) mass is 797 g/mol. The standard InChI is InChI=1S/C40H55N5O10S/c1-24-11-9-10-12-25-17-29-31(19-33(25)52-2)41-35(53-3)20-34(29)55-27-18-32-36(46)43-40(38(48)44-56(50,51)28-15-16-28)21-26(40)13-7-5-4-6-8-14-30(37(47)45(32)22-27)42-39(49)54-23-24/h17,19-20,24,26-28,30,32H,4-16,18,21-23H2,1-3H3,(H,42,49)(H,43,46)(H,44,48)/t24-,26+,27-,30+,32+,40-/m1/s1. The summed E-state index contributed by atoms with van der Waals surface area (Å²) in [5, 5.41) is 5.88. The quantitative estimate of drug-likeness (QED) is 0.391. The number of alkyl carbamates (subject to hydrolysis) is 1. The molecule has 56 heavy (non-hydrogen) atoms. The average Bonchev–Trinajstić information content (AvgIpc) is 4.10. The summed E-state index contributed by atoms with van der Waals surface area (Å²) in [6.45, 7) is 2.22. The topological polar surface area (TPSA) is 192 Å². The lowest BCUT2D eigenvalue weighted by atomic mass is 9.99. The number of nitrogens with zero attached hydrogens (tertiary/aromatic N) is 2. The Morgan fingerprint density at radius 1 is 0.964 bits per heavy atom. The molecule has 15 nitrogen and oxygen atoms in total. The maximum absolute atomic E-state index is 14.6. The Hall–Kier alpha value is -4.34. The molecule has 2 aliphatic carbocycles. The molecule has 6 atom stereocenters. The number of ether oxygens (including phenoxy) is 4. The smallest absolute Gasteiger partial charge is 0.407 e. The molecule has 1 aromatic heterocycles. The van der Waals surface area contributed by atoms with Crippen molar-refractivity contribution in [3.63, 3.8) is 0 Å². The minimum absolute atomic E-state index is 0.00894. The highest BCUT2D eigenvalue weighted by Gasteiger charge is 2.62. The van der Waals surface area contributed by atoms with Crippen LogP contribution >= 0.6 is 0 Å². The van der Waals surface area contributed by atoms with Crippen LogP contribution in [0, 0.1) is 11.8 Å². The second-order valence-electron chi connectivity index (χ2n) is 16.4. The van der Waals surface area contributed by atoms with Gasteiger partial charge in [-0.15, -0.1) is 0 Å². The van der Waals surface area contributed by atoms with Gasteiger partial charge in [-0.3, -0.25) is 19.1 Å². The fraction of sp³-hybridized carbons (Fsp3) is 0.675. The second-order valence-corrected chi connectivity index (χ2v) is 18.3. The van der Waals surface area contributed by atoms with Crippen LogP contribution in [0.15, 0.2) is 18.2 Å². The van der Waals surface area contributed by atoms with Crippen molar-refractivity contribution in [1.82, 2.24) is 25.2 Å². The number of aromatic nitrogens is 1. The number of carbonyl (C=O) groups excluding carboxylic acids is 4. The molecule has 3 aliphatic heterocycles. The van der Waals surface area contributed by atoms with Crippen LogP contribution in [0.4, 0.5) is 4.79 Å². The number of rotatable bonds is 5. The number of aryl methyl sites for hydroxylation is 1. The Kier molecular flexibility index (Phi) is 11.8. The van der Waals surface area contributed by atoms with E-state index in [1.165, 1.54) is 12.0 Å². The largest absolute Gasteiger partial charge is 0.496 e. The Morgan fingerprint density at radius 3 is 2.46 bits per heavy atom. The van der Waals surface area contributed by atoms with Gasteiger partial charge in [0.2, 0.25) is 27.7 Å². The second kappa shape index (κ2) is 16.6. The molecular formula is C40H55N5O10S. The first kappa shape index (κ1) is 39.9. The van der Waals surface area contributed by atoms with E-state index in [0.717, 1.165) is 62.3 Å². The molecule has 2 saturated heterocycles. The molecule has 1 aromatic carbocycles. The van der Waals surface area contributed by atoms with Gasteiger partial charge < -0.3 is 34.5 Å². The first-order valence-electron chi connectivity index (χ1n) is 20.2. The van der Waals surface area contributed by atoms with E-state index in [1.807, 2.05) is 19.1 Å². The predicted molar refractivity (Wildman–Crippen MR) is 206 cm³/mol. The van der Waals surface area contributed by atoms with E-state index in [-0.39, 0.29) is 31.4 Å². The van der Waals surface area contributed by atoms with E-state index in [0.29, 0.717) is 61.4 Å². The van der Waals surface area contributed by atoms with Gasteiger partial charge >= 0.3 is 6.09 Å². The minimum Gasteiger partial charge on any atom is -0.496 e. The number of hydrogen-bond acceptors (Lipinski definition) is 11. The van der Waals surface area contributed by atoms with Crippen LogP contribution in [0.25, 0.3) is 10.9 Å². The van der Waals surface area contributed by atoms with Crippen LogP contribution < -0.4 is 29.6 Å². The highest BCUT2D eigenvalue weighted by atomic mass is 32.2. The zero-order valence-corrected chi connectivity index (χ0v) is 33.4. The molecule has 306 valence electrons. The van der Waals surface area contributed by atoms with Crippen molar-refractivity contribution in [1.29, 1.82) is 0 Å². The molecule has 2 saturated carbocycles. The number of sulfonamides is 1. The molecule has 0 radical (unpaired) electrons. The Bertz CT molecular complexity index is 1940. The number of benzene rings is 1. The number of fused-ring (bicyclic) bond motifs is 4. The van der Waals surface area contributed by atoms with Gasteiger partial charge in [-0.05, 0) is 74.8 Å². The van der Waals surface area contributed by atoms with Gasteiger partial charge in [0.1, 0.15) is 35.2 Å². The first-order chi connectivity index (χ1) is 26.9. The maximum atomic E-state index is 14.6. The highest BCUT2D eigenvalue weighted by molar-refractivity contribution is 7.91. The summed E-state index contributed by atoms with van der Waals surface area (Å²) in [4.78, 5) is 62.2. The van der Waals surface area contributed by atoms with Gasteiger partial charge in [0, 0.05) is 23.9 Å². The van der Waals surface area contributed by atoms with Crippen molar-refractivity contribution in [2.24, 2.45) is 11.8 Å². The summed E-state index contributed by atoms with van der Waals surface area (Å²) in [6, 6.07) is 3.50. The summed E-state index contributed by atoms with van der Waals surface area (Å²) in [7, 11) is -0.742. The molecule has 5 bridgehead atoms. The summed E-state index contributed by atoms with van der Waals surface area (Å²) in [6.07, 6.45) is 8.36. The summed E-state index contributed by atoms with van der Waals surface area (Å²) in [5.41, 5.74) is 0.149. The number of nitrogens with one attached hydrogen (secondary N) is 3. The van der Waals surface area contributed by atoms with Crippen molar-refractivity contribution in [3.05, 3.63) is 23.8 Å². The van der Waals surface area contributed by atoms with Gasteiger partial charge in [-0.1, -0.05) is 45.4 Å². The molecule has 4 heterocycles. The number of amides is 4. The van der Waals surface area contributed by atoms with Crippen molar-refractivity contribution in [3.8, 4) is 17.4 Å². The predicted octanol–water partition coefficient (Wildman–Crippen LogP) is 4.29. The highest BCUT2D eigenvalue weighted by Crippen LogP contribution is 2.48. The summed E-state index contributed by atoms with van der Waals surface area (Å²) < 4.78 is 51.7. The summed E-state index contributed by atoms with van der Waals surface area (Å²) >= 11 is 0. The third-order valence-corrected chi connectivity index (χ3v) is 13.9. The fourth-order valence-electron chi connectivity index (χ4n) is 8.56. The van der Waals surface area contributed by atoms with Gasteiger partial charge in [0.15, 0.2) is 0 Å². The lowest BCUT2D eigenvalue weighted by Crippen LogP contribution is -2.58. The Balaban J connectivity index is 1.25. The van der Waals surface area contributed by atoms with E-state index in [4.69, 9.17) is 18.9 Å². The number of pyridine rings is 1. The molecule has 7 rings (SSSR count). The average molecular weight is 798 g/mol. The van der Waals surface area contributed by atoms with Crippen LogP contribution in [-0.2, 0) is 35.6 Å². The molecular weight excluding hydrogens is 743 g/mol. The third kappa shape index (κ3) is 8.79. The van der Waals surface area contributed by atoms with Crippen molar-refractivity contribution < 1.29 is 46.5 Å². The van der Waals surface area contributed by atoms with E-state index >= 15 is 0 Å².